The van der Waals surface area contributed by atoms with E-state index in [4.69, 9.17) is 9.15 Å². The lowest BCUT2D eigenvalue weighted by Crippen LogP contribution is -2.23. The monoisotopic (exact) mass is 382 g/mol. The smallest absolute Gasteiger partial charge is 0.276 e. The van der Waals surface area contributed by atoms with Gasteiger partial charge in [-0.25, -0.2) is 0 Å². The van der Waals surface area contributed by atoms with Crippen LogP contribution in [0.3, 0.4) is 0 Å². The van der Waals surface area contributed by atoms with Gasteiger partial charge in [0.2, 0.25) is 11.8 Å². The topological polar surface area (TPSA) is 90.1 Å². The van der Waals surface area contributed by atoms with Crippen LogP contribution >= 0.6 is 11.8 Å². The van der Waals surface area contributed by atoms with Crippen LogP contribution in [0.1, 0.15) is 17.5 Å². The van der Waals surface area contributed by atoms with Crippen LogP contribution in [-0.4, -0.2) is 33.4 Å². The molecule has 1 aliphatic rings. The molecule has 7 nitrogen and oxygen atoms in total. The number of pyridine rings is 1. The lowest BCUT2D eigenvalue weighted by atomic mass is 10.1. The number of carbonyl (C=O) groups is 1. The summed E-state index contributed by atoms with van der Waals surface area (Å²) in [6.45, 7) is 1.25. The third-order valence-electron chi connectivity index (χ3n) is 4.13. The van der Waals surface area contributed by atoms with Crippen molar-refractivity contribution in [2.75, 3.05) is 12.4 Å². The van der Waals surface area contributed by atoms with Crippen molar-refractivity contribution in [3.8, 4) is 17.2 Å². The summed E-state index contributed by atoms with van der Waals surface area (Å²) >= 11 is 1.37. The molecule has 0 aliphatic carbocycles. The number of fused-ring (bicyclic) bond motifs is 1. The SMILES string of the molecule is O=C(CCSc1nnc(-c2ccncc2)o1)NCc1ccc2c(c1)CCO2. The van der Waals surface area contributed by atoms with E-state index >= 15 is 0 Å². The van der Waals surface area contributed by atoms with Gasteiger partial charge in [-0.15, -0.1) is 10.2 Å². The Bertz CT molecular complexity index is 930. The summed E-state index contributed by atoms with van der Waals surface area (Å²) < 4.78 is 11.1. The van der Waals surface area contributed by atoms with Crippen LogP contribution in [-0.2, 0) is 17.8 Å². The second-order valence-corrected chi connectivity index (χ2v) is 7.07. The quantitative estimate of drug-likeness (QED) is 0.628. The van der Waals surface area contributed by atoms with E-state index in [1.165, 1.54) is 17.3 Å². The van der Waals surface area contributed by atoms with E-state index in [2.05, 4.69) is 26.6 Å². The summed E-state index contributed by atoms with van der Waals surface area (Å²) in [5, 5.41) is 11.4. The van der Waals surface area contributed by atoms with E-state index < -0.39 is 0 Å². The molecule has 0 radical (unpaired) electrons. The molecule has 1 aliphatic heterocycles. The minimum Gasteiger partial charge on any atom is -0.493 e. The molecule has 0 atom stereocenters. The molecule has 0 bridgehead atoms. The first kappa shape index (κ1) is 17.5. The molecule has 0 saturated heterocycles. The van der Waals surface area contributed by atoms with Crippen LogP contribution in [0.25, 0.3) is 11.5 Å². The first-order valence-electron chi connectivity index (χ1n) is 8.66. The van der Waals surface area contributed by atoms with Crippen LogP contribution in [0.4, 0.5) is 0 Å². The largest absolute Gasteiger partial charge is 0.493 e. The minimum atomic E-state index is -0.00637. The van der Waals surface area contributed by atoms with E-state index in [9.17, 15) is 4.79 Å². The Morgan fingerprint density at radius 3 is 2.96 bits per heavy atom. The zero-order valence-electron chi connectivity index (χ0n) is 14.6. The molecule has 0 fully saturated rings. The van der Waals surface area contributed by atoms with Crippen molar-refractivity contribution in [3.05, 3.63) is 53.9 Å². The van der Waals surface area contributed by atoms with Crippen molar-refractivity contribution in [3.63, 3.8) is 0 Å². The van der Waals surface area contributed by atoms with Gasteiger partial charge in [0.25, 0.3) is 5.22 Å². The highest BCUT2D eigenvalue weighted by Gasteiger charge is 2.13. The molecule has 1 N–H and O–H groups in total. The number of benzene rings is 1. The summed E-state index contributed by atoms with van der Waals surface area (Å²) in [7, 11) is 0. The van der Waals surface area contributed by atoms with Gasteiger partial charge in [0.05, 0.1) is 6.61 Å². The number of amides is 1. The molecular weight excluding hydrogens is 364 g/mol. The van der Waals surface area contributed by atoms with Gasteiger partial charge in [-0.2, -0.15) is 0 Å². The molecule has 27 heavy (non-hydrogen) atoms. The number of aromatic nitrogens is 3. The number of ether oxygens (including phenoxy) is 1. The lowest BCUT2D eigenvalue weighted by molar-refractivity contribution is -0.120. The van der Waals surface area contributed by atoms with E-state index in [-0.39, 0.29) is 5.91 Å². The molecule has 0 spiro atoms. The van der Waals surface area contributed by atoms with Gasteiger partial charge in [-0.3, -0.25) is 9.78 Å². The average Bonchev–Trinajstić information content (AvgIpc) is 3.36. The van der Waals surface area contributed by atoms with Gasteiger partial charge in [-0.1, -0.05) is 23.9 Å². The van der Waals surface area contributed by atoms with E-state index in [1.54, 1.807) is 24.5 Å². The van der Waals surface area contributed by atoms with Gasteiger partial charge in [0, 0.05) is 43.1 Å². The van der Waals surface area contributed by atoms with Crippen molar-refractivity contribution < 1.29 is 13.9 Å². The van der Waals surface area contributed by atoms with Crippen LogP contribution < -0.4 is 10.1 Å². The van der Waals surface area contributed by atoms with Gasteiger partial charge < -0.3 is 14.5 Å². The Morgan fingerprint density at radius 2 is 2.07 bits per heavy atom. The summed E-state index contributed by atoms with van der Waals surface area (Å²) in [6.07, 6.45) is 4.65. The van der Waals surface area contributed by atoms with Gasteiger partial charge in [0.15, 0.2) is 0 Å². The molecule has 138 valence electrons. The third kappa shape index (κ3) is 4.46. The maximum Gasteiger partial charge on any atom is 0.276 e. The highest BCUT2D eigenvalue weighted by atomic mass is 32.2. The van der Waals surface area contributed by atoms with Crippen LogP contribution in [0.5, 0.6) is 5.75 Å². The highest BCUT2D eigenvalue weighted by Crippen LogP contribution is 2.26. The Morgan fingerprint density at radius 1 is 1.19 bits per heavy atom. The lowest BCUT2D eigenvalue weighted by Gasteiger charge is -2.06. The van der Waals surface area contributed by atoms with Gasteiger partial charge in [0.1, 0.15) is 5.75 Å². The fourth-order valence-corrected chi connectivity index (χ4v) is 3.45. The molecule has 1 amide bonds. The fourth-order valence-electron chi connectivity index (χ4n) is 2.75. The standard InChI is InChI=1S/C19H18N4O3S/c24-17(21-12-13-1-2-16-15(11-13)5-9-25-16)6-10-27-19-23-22-18(26-19)14-3-7-20-8-4-14/h1-4,7-8,11H,5-6,9-10,12H2,(H,21,24). The summed E-state index contributed by atoms with van der Waals surface area (Å²) in [5.74, 6) is 1.97. The number of carbonyl (C=O) groups excluding carboxylic acids is 1. The molecule has 8 heteroatoms. The first-order valence-corrected chi connectivity index (χ1v) is 9.64. The molecule has 3 heterocycles. The minimum absolute atomic E-state index is 0.00637. The summed E-state index contributed by atoms with van der Waals surface area (Å²) in [4.78, 5) is 16.0. The number of hydrogen-bond donors (Lipinski definition) is 1. The van der Waals surface area contributed by atoms with Crippen molar-refractivity contribution in [1.29, 1.82) is 0 Å². The second-order valence-electron chi connectivity index (χ2n) is 6.02. The maximum atomic E-state index is 12.0. The number of thioether (sulfide) groups is 1. The highest BCUT2D eigenvalue weighted by molar-refractivity contribution is 7.99. The fraction of sp³-hybridized carbons (Fsp3) is 0.263. The zero-order valence-corrected chi connectivity index (χ0v) is 15.4. The molecule has 2 aromatic heterocycles. The van der Waals surface area contributed by atoms with Crippen molar-refractivity contribution >= 4 is 17.7 Å². The van der Waals surface area contributed by atoms with Gasteiger partial charge in [-0.05, 0) is 29.3 Å². The normalized spacial score (nSPS) is 12.4. The molecule has 1 aromatic carbocycles. The molecule has 4 rings (SSSR count). The average molecular weight is 382 g/mol. The number of rotatable bonds is 7. The zero-order chi connectivity index (χ0) is 18.5. The number of nitrogens with one attached hydrogen (secondary N) is 1. The Balaban J connectivity index is 1.21. The third-order valence-corrected chi connectivity index (χ3v) is 4.95. The van der Waals surface area contributed by atoms with Crippen LogP contribution in [0.15, 0.2) is 52.4 Å². The Hall–Kier alpha value is -2.87. The maximum absolute atomic E-state index is 12.0. The first-order chi connectivity index (χ1) is 13.3. The Labute approximate surface area is 160 Å². The van der Waals surface area contributed by atoms with Crippen LogP contribution in [0, 0.1) is 0 Å². The van der Waals surface area contributed by atoms with Crippen LogP contribution in [0.2, 0.25) is 0 Å². The van der Waals surface area contributed by atoms with Crippen molar-refractivity contribution in [1.82, 2.24) is 20.5 Å². The molecule has 0 unspecified atom stereocenters. The molecule has 0 saturated carbocycles. The van der Waals surface area contributed by atoms with Crippen molar-refractivity contribution in [2.45, 2.75) is 24.6 Å². The summed E-state index contributed by atoms with van der Waals surface area (Å²) in [6, 6.07) is 9.66. The molecule has 3 aromatic rings. The van der Waals surface area contributed by atoms with E-state index in [0.29, 0.717) is 29.8 Å². The predicted molar refractivity (Wildman–Crippen MR) is 100 cm³/mol. The molecular formula is C19H18N4O3S. The second kappa shape index (κ2) is 8.22. The predicted octanol–water partition coefficient (Wildman–Crippen LogP) is 2.87. The van der Waals surface area contributed by atoms with Gasteiger partial charge >= 0.3 is 0 Å². The summed E-state index contributed by atoms with van der Waals surface area (Å²) in [5.41, 5.74) is 3.11. The van der Waals surface area contributed by atoms with E-state index in [0.717, 1.165) is 29.9 Å². The Kier molecular flexibility index (Phi) is 5.34. The van der Waals surface area contributed by atoms with Crippen molar-refractivity contribution in [2.24, 2.45) is 0 Å². The van der Waals surface area contributed by atoms with E-state index in [1.807, 2.05) is 12.1 Å². The number of hydrogen-bond acceptors (Lipinski definition) is 7. The number of nitrogens with zero attached hydrogens (tertiary/aromatic N) is 3.